The van der Waals surface area contributed by atoms with Gasteiger partial charge in [0, 0.05) is 19.3 Å². The van der Waals surface area contributed by atoms with Gasteiger partial charge in [-0.3, -0.25) is 4.99 Å². The zero-order chi connectivity index (χ0) is 16.4. The summed E-state index contributed by atoms with van der Waals surface area (Å²) in [6.45, 7) is 1.22. The van der Waals surface area contributed by atoms with Crippen molar-refractivity contribution in [1.82, 2.24) is 10.6 Å². The van der Waals surface area contributed by atoms with E-state index in [1.54, 1.807) is 18.8 Å². The Morgan fingerprint density at radius 3 is 2.55 bits per heavy atom. The van der Waals surface area contributed by atoms with Crippen molar-refractivity contribution in [3.63, 3.8) is 0 Å². The smallest absolute Gasteiger partial charge is 0.419 e. The molecule has 0 saturated carbocycles. The number of halogens is 3. The molecule has 4 nitrogen and oxygen atoms in total. The minimum Gasteiger partial charge on any atom is -0.491 e. The summed E-state index contributed by atoms with van der Waals surface area (Å²) in [7, 11) is 1.63. The third-order valence-electron chi connectivity index (χ3n) is 2.67. The largest absolute Gasteiger partial charge is 0.491 e. The Bertz CT molecular complexity index is 481. The maximum atomic E-state index is 12.8. The summed E-state index contributed by atoms with van der Waals surface area (Å²) in [5.74, 6) is 1.37. The molecule has 0 fully saturated rings. The minimum absolute atomic E-state index is 0.107. The summed E-state index contributed by atoms with van der Waals surface area (Å²) >= 11 is 1.71. The van der Waals surface area contributed by atoms with Gasteiger partial charge in [-0.15, -0.1) is 0 Å². The second-order valence-electron chi connectivity index (χ2n) is 4.26. The van der Waals surface area contributed by atoms with Crippen LogP contribution in [0.4, 0.5) is 13.2 Å². The maximum Gasteiger partial charge on any atom is 0.419 e. The van der Waals surface area contributed by atoms with Crippen LogP contribution in [0, 0.1) is 0 Å². The zero-order valence-electron chi connectivity index (χ0n) is 12.5. The molecule has 0 aromatic heterocycles. The minimum atomic E-state index is -4.42. The van der Waals surface area contributed by atoms with Gasteiger partial charge in [0.05, 0.1) is 12.1 Å². The van der Waals surface area contributed by atoms with Crippen molar-refractivity contribution in [2.45, 2.75) is 6.18 Å². The summed E-state index contributed by atoms with van der Waals surface area (Å²) < 4.78 is 43.6. The first-order valence-electron chi connectivity index (χ1n) is 6.71. The first kappa shape index (κ1) is 18.5. The van der Waals surface area contributed by atoms with Gasteiger partial charge in [-0.05, 0) is 18.4 Å². The molecule has 0 radical (unpaired) electrons. The lowest BCUT2D eigenvalue weighted by Gasteiger charge is -2.15. The molecule has 2 N–H and O–H groups in total. The standard InChI is InChI=1S/C14H20F3N3OS/c1-18-13(20-8-10-22-2)19-7-9-21-12-6-4-3-5-11(12)14(15,16)17/h3-6H,7-10H2,1-2H3,(H2,18,19,20). The van der Waals surface area contributed by atoms with Crippen molar-refractivity contribution >= 4 is 17.7 Å². The summed E-state index contributed by atoms with van der Waals surface area (Å²) in [4.78, 5) is 4.01. The molecule has 124 valence electrons. The molecule has 0 saturated heterocycles. The van der Waals surface area contributed by atoms with E-state index in [9.17, 15) is 13.2 Å². The molecule has 22 heavy (non-hydrogen) atoms. The molecule has 0 atom stereocenters. The van der Waals surface area contributed by atoms with Crippen LogP contribution in [0.15, 0.2) is 29.3 Å². The highest BCUT2D eigenvalue weighted by Gasteiger charge is 2.33. The van der Waals surface area contributed by atoms with E-state index in [2.05, 4.69) is 15.6 Å². The van der Waals surface area contributed by atoms with Crippen molar-refractivity contribution < 1.29 is 17.9 Å². The lowest BCUT2D eigenvalue weighted by atomic mass is 10.2. The fourth-order valence-corrected chi connectivity index (χ4v) is 1.96. The molecule has 0 bridgehead atoms. The maximum absolute atomic E-state index is 12.8. The van der Waals surface area contributed by atoms with Crippen molar-refractivity contribution in [2.75, 3.05) is 38.8 Å². The fourth-order valence-electron chi connectivity index (χ4n) is 1.65. The Hall–Kier alpha value is -1.57. The Kier molecular flexibility index (Phi) is 7.94. The molecule has 1 aromatic rings. The zero-order valence-corrected chi connectivity index (χ0v) is 13.4. The summed E-state index contributed by atoms with van der Waals surface area (Å²) in [6, 6.07) is 5.17. The van der Waals surface area contributed by atoms with Crippen LogP contribution in [0.25, 0.3) is 0 Å². The summed E-state index contributed by atoms with van der Waals surface area (Å²) in [5.41, 5.74) is -0.766. The number of ether oxygens (including phenoxy) is 1. The topological polar surface area (TPSA) is 45.7 Å². The summed E-state index contributed by atoms with van der Waals surface area (Å²) in [5, 5.41) is 6.07. The van der Waals surface area contributed by atoms with Gasteiger partial charge in [-0.1, -0.05) is 12.1 Å². The number of alkyl halides is 3. The lowest BCUT2D eigenvalue weighted by Crippen LogP contribution is -2.40. The first-order chi connectivity index (χ1) is 10.5. The van der Waals surface area contributed by atoms with Crippen molar-refractivity contribution in [3.8, 4) is 5.75 Å². The van der Waals surface area contributed by atoms with E-state index >= 15 is 0 Å². The van der Waals surface area contributed by atoms with E-state index in [0.717, 1.165) is 18.4 Å². The molecule has 1 aromatic carbocycles. The number of para-hydroxylation sites is 1. The van der Waals surface area contributed by atoms with E-state index in [0.29, 0.717) is 12.5 Å². The van der Waals surface area contributed by atoms with Crippen LogP contribution < -0.4 is 15.4 Å². The number of nitrogens with zero attached hydrogens (tertiary/aromatic N) is 1. The fraction of sp³-hybridized carbons (Fsp3) is 0.500. The number of nitrogens with one attached hydrogen (secondary N) is 2. The highest BCUT2D eigenvalue weighted by Crippen LogP contribution is 2.35. The Morgan fingerprint density at radius 1 is 1.23 bits per heavy atom. The van der Waals surface area contributed by atoms with E-state index in [4.69, 9.17) is 4.74 Å². The monoisotopic (exact) mass is 335 g/mol. The number of thioether (sulfide) groups is 1. The van der Waals surface area contributed by atoms with Crippen molar-refractivity contribution in [1.29, 1.82) is 0 Å². The van der Waals surface area contributed by atoms with Crippen LogP contribution in [-0.2, 0) is 6.18 Å². The first-order valence-corrected chi connectivity index (χ1v) is 8.11. The highest BCUT2D eigenvalue weighted by molar-refractivity contribution is 7.98. The van der Waals surface area contributed by atoms with Gasteiger partial charge >= 0.3 is 6.18 Å². The van der Waals surface area contributed by atoms with Crippen LogP contribution in [0.2, 0.25) is 0 Å². The van der Waals surface area contributed by atoms with Gasteiger partial charge in [0.15, 0.2) is 5.96 Å². The number of benzene rings is 1. The van der Waals surface area contributed by atoms with Gasteiger partial charge in [0.25, 0.3) is 0 Å². The molecule has 0 heterocycles. The second-order valence-corrected chi connectivity index (χ2v) is 5.25. The van der Waals surface area contributed by atoms with Crippen LogP contribution in [0.1, 0.15) is 5.56 Å². The summed E-state index contributed by atoms with van der Waals surface area (Å²) in [6.07, 6.45) is -2.41. The van der Waals surface area contributed by atoms with Gasteiger partial charge in [0.1, 0.15) is 12.4 Å². The predicted molar refractivity (Wildman–Crippen MR) is 84.7 cm³/mol. The van der Waals surface area contributed by atoms with Gasteiger partial charge < -0.3 is 15.4 Å². The highest BCUT2D eigenvalue weighted by atomic mass is 32.2. The Labute approximate surface area is 132 Å². The lowest BCUT2D eigenvalue weighted by molar-refractivity contribution is -0.138. The molecule has 0 unspecified atom stereocenters. The second kappa shape index (κ2) is 9.45. The number of hydrogen-bond donors (Lipinski definition) is 2. The molecule has 0 aliphatic heterocycles. The van der Waals surface area contributed by atoms with Gasteiger partial charge in [-0.25, -0.2) is 0 Å². The molecule has 0 aliphatic carbocycles. The van der Waals surface area contributed by atoms with Crippen molar-refractivity contribution in [3.05, 3.63) is 29.8 Å². The third kappa shape index (κ3) is 6.46. The van der Waals surface area contributed by atoms with Gasteiger partial charge in [-0.2, -0.15) is 24.9 Å². The molecule has 1 rings (SSSR count). The molecular weight excluding hydrogens is 315 g/mol. The quantitative estimate of drug-likeness (QED) is 0.457. The molecule has 0 aliphatic rings. The average molecular weight is 335 g/mol. The van der Waals surface area contributed by atoms with Crippen LogP contribution in [0.3, 0.4) is 0 Å². The van der Waals surface area contributed by atoms with E-state index in [1.165, 1.54) is 18.2 Å². The molecule has 8 heteroatoms. The average Bonchev–Trinajstić information content (AvgIpc) is 2.49. The van der Waals surface area contributed by atoms with Crippen LogP contribution in [-0.4, -0.2) is 44.7 Å². The SMILES string of the molecule is CN=C(NCCOc1ccccc1C(F)(F)F)NCCSC. The normalized spacial score (nSPS) is 12.1. The molecular formula is C14H20F3N3OS. The molecule has 0 amide bonds. The van der Waals surface area contributed by atoms with E-state index < -0.39 is 11.7 Å². The van der Waals surface area contributed by atoms with Crippen LogP contribution in [0.5, 0.6) is 5.75 Å². The number of aliphatic imine (C=N–C) groups is 1. The number of guanidine groups is 1. The Balaban J connectivity index is 2.42. The number of rotatable bonds is 7. The third-order valence-corrected chi connectivity index (χ3v) is 3.28. The predicted octanol–water partition coefficient (Wildman–Crippen LogP) is 2.61. The number of hydrogen-bond acceptors (Lipinski definition) is 3. The molecule has 0 spiro atoms. The van der Waals surface area contributed by atoms with E-state index in [-0.39, 0.29) is 12.4 Å². The van der Waals surface area contributed by atoms with Crippen molar-refractivity contribution in [2.24, 2.45) is 4.99 Å². The van der Waals surface area contributed by atoms with Gasteiger partial charge in [0.2, 0.25) is 0 Å². The Morgan fingerprint density at radius 2 is 1.91 bits per heavy atom. The van der Waals surface area contributed by atoms with Crippen LogP contribution >= 0.6 is 11.8 Å². The van der Waals surface area contributed by atoms with E-state index in [1.807, 2.05) is 6.26 Å².